The molecule has 106 valence electrons. The number of carbonyl (C=O) groups is 1. The van der Waals surface area contributed by atoms with Crippen LogP contribution in [0, 0.1) is 12.8 Å². The minimum Gasteiger partial charge on any atom is -0.395 e. The molecule has 1 atom stereocenters. The van der Waals surface area contributed by atoms with Gasteiger partial charge in [0.2, 0.25) is 0 Å². The summed E-state index contributed by atoms with van der Waals surface area (Å²) in [5.41, 5.74) is 7.37. The fourth-order valence-corrected chi connectivity index (χ4v) is 2.94. The van der Waals surface area contributed by atoms with E-state index >= 15 is 0 Å². The van der Waals surface area contributed by atoms with E-state index in [1.54, 1.807) is 0 Å². The Morgan fingerprint density at radius 3 is 2.68 bits per heavy atom. The molecule has 5 nitrogen and oxygen atoms in total. The van der Waals surface area contributed by atoms with E-state index in [0.717, 1.165) is 12.1 Å². The first-order valence-corrected chi connectivity index (χ1v) is 7.24. The molecule has 0 bridgehead atoms. The smallest absolute Gasteiger partial charge is 0.274 e. The van der Waals surface area contributed by atoms with Crippen LogP contribution in [0.2, 0.25) is 0 Å². The number of rotatable bonds is 4. The van der Waals surface area contributed by atoms with Gasteiger partial charge in [0.1, 0.15) is 0 Å². The predicted molar refractivity (Wildman–Crippen MR) is 75.9 cm³/mol. The van der Waals surface area contributed by atoms with Crippen LogP contribution in [0.4, 0.5) is 5.69 Å². The van der Waals surface area contributed by atoms with E-state index in [4.69, 9.17) is 5.73 Å². The molecule has 1 heterocycles. The summed E-state index contributed by atoms with van der Waals surface area (Å²) < 4.78 is 0. The van der Waals surface area contributed by atoms with Crippen LogP contribution in [0.3, 0.4) is 0 Å². The van der Waals surface area contributed by atoms with Crippen molar-refractivity contribution in [2.24, 2.45) is 5.92 Å². The SMILES string of the molecule is CCC(NC(=O)c1n[nH]c(C)c1N)C1CCCCC1. The van der Waals surface area contributed by atoms with E-state index in [0.29, 0.717) is 17.3 Å². The molecule has 0 saturated heterocycles. The maximum absolute atomic E-state index is 12.2. The van der Waals surface area contributed by atoms with Crippen molar-refractivity contribution in [1.82, 2.24) is 15.5 Å². The van der Waals surface area contributed by atoms with Gasteiger partial charge in [0.05, 0.1) is 11.4 Å². The number of aromatic nitrogens is 2. The molecule has 1 saturated carbocycles. The van der Waals surface area contributed by atoms with Crippen LogP contribution in [0.15, 0.2) is 0 Å². The van der Waals surface area contributed by atoms with Gasteiger partial charge in [0.25, 0.3) is 5.91 Å². The molecule has 0 radical (unpaired) electrons. The van der Waals surface area contributed by atoms with Gasteiger partial charge in [0.15, 0.2) is 5.69 Å². The van der Waals surface area contributed by atoms with Gasteiger partial charge in [-0.25, -0.2) is 0 Å². The van der Waals surface area contributed by atoms with Crippen LogP contribution in [-0.4, -0.2) is 22.1 Å². The van der Waals surface area contributed by atoms with Gasteiger partial charge in [-0.3, -0.25) is 9.89 Å². The molecule has 0 aromatic carbocycles. The highest BCUT2D eigenvalue weighted by Crippen LogP contribution is 2.28. The van der Waals surface area contributed by atoms with Crippen molar-refractivity contribution in [3.05, 3.63) is 11.4 Å². The summed E-state index contributed by atoms with van der Waals surface area (Å²) in [4.78, 5) is 12.2. The standard InChI is InChI=1S/C14H24N4O/c1-3-11(10-7-5-4-6-8-10)16-14(19)13-12(15)9(2)17-18-13/h10-11H,3-8,15H2,1-2H3,(H,16,19)(H,17,18). The molecule has 1 aromatic rings. The third-order valence-electron chi connectivity index (χ3n) is 4.18. The molecular weight excluding hydrogens is 240 g/mol. The van der Waals surface area contributed by atoms with Crippen LogP contribution >= 0.6 is 0 Å². The topological polar surface area (TPSA) is 83.8 Å². The van der Waals surface area contributed by atoms with Gasteiger partial charge in [0, 0.05) is 6.04 Å². The molecule has 1 aromatic heterocycles. The van der Waals surface area contributed by atoms with Gasteiger partial charge >= 0.3 is 0 Å². The summed E-state index contributed by atoms with van der Waals surface area (Å²) in [6.45, 7) is 3.94. The van der Waals surface area contributed by atoms with E-state index in [1.807, 2.05) is 6.92 Å². The van der Waals surface area contributed by atoms with E-state index in [9.17, 15) is 4.79 Å². The number of nitrogens with two attached hydrogens (primary N) is 1. The van der Waals surface area contributed by atoms with Gasteiger partial charge in [-0.15, -0.1) is 0 Å². The minimum absolute atomic E-state index is 0.153. The van der Waals surface area contributed by atoms with E-state index in [2.05, 4.69) is 22.4 Å². The number of nitrogens with one attached hydrogen (secondary N) is 2. The number of amides is 1. The number of nitrogens with zero attached hydrogens (tertiary/aromatic N) is 1. The number of anilines is 1. The zero-order valence-corrected chi connectivity index (χ0v) is 11.8. The molecule has 1 unspecified atom stereocenters. The van der Waals surface area contributed by atoms with Crippen LogP contribution < -0.4 is 11.1 Å². The third-order valence-corrected chi connectivity index (χ3v) is 4.18. The fourth-order valence-electron chi connectivity index (χ4n) is 2.94. The zero-order valence-electron chi connectivity index (χ0n) is 11.8. The van der Waals surface area contributed by atoms with Crippen LogP contribution in [-0.2, 0) is 0 Å². The Bertz CT molecular complexity index is 435. The maximum Gasteiger partial charge on any atom is 0.274 e. The normalized spacial score (nSPS) is 18.2. The lowest BCUT2D eigenvalue weighted by Gasteiger charge is -2.30. The van der Waals surface area contributed by atoms with Crippen molar-refractivity contribution in [3.63, 3.8) is 0 Å². The summed E-state index contributed by atoms with van der Waals surface area (Å²) in [5, 5.41) is 9.84. The number of H-pyrrole nitrogens is 1. The summed E-state index contributed by atoms with van der Waals surface area (Å²) in [6, 6.07) is 0.240. The van der Waals surface area contributed by atoms with Gasteiger partial charge in [-0.2, -0.15) is 5.10 Å². The third kappa shape index (κ3) is 3.08. The Balaban J connectivity index is 2.01. The van der Waals surface area contributed by atoms with Crippen molar-refractivity contribution < 1.29 is 4.79 Å². The number of aromatic amines is 1. The second-order valence-electron chi connectivity index (χ2n) is 5.50. The second-order valence-corrected chi connectivity index (χ2v) is 5.50. The van der Waals surface area contributed by atoms with Crippen LogP contribution in [0.25, 0.3) is 0 Å². The highest BCUT2D eigenvalue weighted by molar-refractivity contribution is 5.97. The molecular formula is C14H24N4O. The highest BCUT2D eigenvalue weighted by Gasteiger charge is 2.25. The first kappa shape index (κ1) is 13.9. The Morgan fingerprint density at radius 2 is 2.16 bits per heavy atom. The summed E-state index contributed by atoms with van der Waals surface area (Å²) in [5.74, 6) is 0.447. The van der Waals surface area contributed by atoms with E-state index in [-0.39, 0.29) is 11.9 Å². The average molecular weight is 264 g/mol. The number of hydrogen-bond acceptors (Lipinski definition) is 3. The largest absolute Gasteiger partial charge is 0.395 e. The van der Waals surface area contributed by atoms with Crippen LogP contribution in [0.5, 0.6) is 0 Å². The first-order valence-electron chi connectivity index (χ1n) is 7.24. The monoisotopic (exact) mass is 264 g/mol. The lowest BCUT2D eigenvalue weighted by Crippen LogP contribution is -2.41. The Morgan fingerprint density at radius 1 is 1.47 bits per heavy atom. The summed E-state index contributed by atoms with van der Waals surface area (Å²) >= 11 is 0. The summed E-state index contributed by atoms with van der Waals surface area (Å²) in [7, 11) is 0. The highest BCUT2D eigenvalue weighted by atomic mass is 16.2. The maximum atomic E-state index is 12.2. The van der Waals surface area contributed by atoms with Gasteiger partial charge in [-0.1, -0.05) is 26.2 Å². The Hall–Kier alpha value is -1.52. The molecule has 1 aliphatic carbocycles. The average Bonchev–Trinajstić information content (AvgIpc) is 2.77. The fraction of sp³-hybridized carbons (Fsp3) is 0.714. The van der Waals surface area contributed by atoms with Gasteiger partial charge in [-0.05, 0) is 32.1 Å². The molecule has 19 heavy (non-hydrogen) atoms. The molecule has 2 rings (SSSR count). The Kier molecular flexibility index (Phi) is 4.45. The zero-order chi connectivity index (χ0) is 13.8. The molecule has 1 aliphatic rings. The van der Waals surface area contributed by atoms with Gasteiger partial charge < -0.3 is 11.1 Å². The molecule has 0 spiro atoms. The van der Waals surface area contributed by atoms with Crippen molar-refractivity contribution in [1.29, 1.82) is 0 Å². The quantitative estimate of drug-likeness (QED) is 0.780. The van der Waals surface area contributed by atoms with Crippen molar-refractivity contribution >= 4 is 11.6 Å². The molecule has 1 amide bonds. The number of hydrogen-bond donors (Lipinski definition) is 3. The molecule has 4 N–H and O–H groups in total. The van der Waals surface area contributed by atoms with Crippen molar-refractivity contribution in [2.75, 3.05) is 5.73 Å². The molecule has 1 fully saturated rings. The molecule has 5 heteroatoms. The van der Waals surface area contributed by atoms with E-state index in [1.165, 1.54) is 32.1 Å². The van der Waals surface area contributed by atoms with Crippen molar-refractivity contribution in [2.45, 2.75) is 58.4 Å². The van der Waals surface area contributed by atoms with Crippen LogP contribution in [0.1, 0.15) is 61.6 Å². The number of aryl methyl sites for hydroxylation is 1. The number of carbonyl (C=O) groups excluding carboxylic acids is 1. The lowest BCUT2D eigenvalue weighted by atomic mass is 9.83. The minimum atomic E-state index is -0.153. The number of nitrogen functional groups attached to an aromatic ring is 1. The first-order chi connectivity index (χ1) is 9.13. The Labute approximate surface area is 114 Å². The summed E-state index contributed by atoms with van der Waals surface area (Å²) in [6.07, 6.45) is 7.27. The van der Waals surface area contributed by atoms with E-state index < -0.39 is 0 Å². The predicted octanol–water partition coefficient (Wildman–Crippen LogP) is 2.39. The lowest BCUT2D eigenvalue weighted by molar-refractivity contribution is 0.0907. The second kappa shape index (κ2) is 6.08. The van der Waals surface area contributed by atoms with Crippen molar-refractivity contribution in [3.8, 4) is 0 Å². The molecule has 0 aliphatic heterocycles.